The van der Waals surface area contributed by atoms with E-state index in [4.69, 9.17) is 0 Å². The van der Waals surface area contributed by atoms with E-state index in [1.54, 1.807) is 18.2 Å². The average molecular weight is 480 g/mol. The lowest BCUT2D eigenvalue weighted by Gasteiger charge is -2.47. The Bertz CT molecular complexity index is 1220. The number of thioether (sulfide) groups is 1. The van der Waals surface area contributed by atoms with Crippen LogP contribution in [0.25, 0.3) is 6.08 Å². The van der Waals surface area contributed by atoms with Crippen LogP contribution in [0.2, 0.25) is 0 Å². The highest BCUT2D eigenvalue weighted by molar-refractivity contribution is 8.18. The molecule has 0 bridgehead atoms. The molecule has 2 aromatic rings. The number of aryl methyl sites for hydroxylation is 1. The van der Waals surface area contributed by atoms with Gasteiger partial charge in [0.25, 0.3) is 16.8 Å². The van der Waals surface area contributed by atoms with Gasteiger partial charge in [-0.1, -0.05) is 19.1 Å². The molecule has 0 radical (unpaired) electrons. The van der Waals surface area contributed by atoms with Gasteiger partial charge in [0.15, 0.2) is 0 Å². The Morgan fingerprint density at radius 3 is 2.65 bits per heavy atom. The van der Waals surface area contributed by atoms with Crippen LogP contribution in [-0.4, -0.2) is 33.1 Å². The summed E-state index contributed by atoms with van der Waals surface area (Å²) in [5.41, 5.74) is 5.02. The first-order valence-corrected chi connectivity index (χ1v) is 12.2. The second kappa shape index (κ2) is 8.91. The van der Waals surface area contributed by atoms with Gasteiger partial charge in [-0.05, 0) is 92.3 Å². The fourth-order valence-electron chi connectivity index (χ4n) is 5.13. The number of anilines is 1. The van der Waals surface area contributed by atoms with Crippen LogP contribution in [0.1, 0.15) is 62.3 Å². The summed E-state index contributed by atoms with van der Waals surface area (Å²) in [5.74, 6) is 0.00692. The lowest BCUT2D eigenvalue weighted by molar-refractivity contribution is -0.384. The van der Waals surface area contributed by atoms with E-state index in [0.717, 1.165) is 40.8 Å². The molecule has 7 nitrogen and oxygen atoms in total. The molecule has 2 aromatic carbocycles. The number of carbonyl (C=O) groups excluding carboxylic acids is 2. The van der Waals surface area contributed by atoms with Crippen molar-refractivity contribution >= 4 is 40.4 Å². The summed E-state index contributed by atoms with van der Waals surface area (Å²) >= 11 is 0.912. The number of fused-ring (bicyclic) bond motifs is 1. The first kappa shape index (κ1) is 24.0. The summed E-state index contributed by atoms with van der Waals surface area (Å²) in [7, 11) is 0. The van der Waals surface area contributed by atoms with Crippen molar-refractivity contribution in [3.8, 4) is 0 Å². The fourth-order valence-corrected chi connectivity index (χ4v) is 5.96. The predicted molar refractivity (Wildman–Crippen MR) is 136 cm³/mol. The molecule has 0 aromatic heterocycles. The van der Waals surface area contributed by atoms with Crippen molar-refractivity contribution in [2.24, 2.45) is 0 Å². The molecule has 0 aliphatic carbocycles. The third kappa shape index (κ3) is 4.34. The fraction of sp³-hybridized carbons (Fsp3) is 0.385. The number of rotatable bonds is 5. The zero-order valence-electron chi connectivity index (χ0n) is 20.1. The third-order valence-corrected chi connectivity index (χ3v) is 7.62. The van der Waals surface area contributed by atoms with Crippen molar-refractivity contribution in [2.45, 2.75) is 59.0 Å². The van der Waals surface area contributed by atoms with Gasteiger partial charge < -0.3 is 4.90 Å². The van der Waals surface area contributed by atoms with Crippen LogP contribution < -0.4 is 4.90 Å². The van der Waals surface area contributed by atoms with E-state index in [2.05, 4.69) is 44.7 Å². The summed E-state index contributed by atoms with van der Waals surface area (Å²) in [6.07, 6.45) is 2.84. The zero-order valence-corrected chi connectivity index (χ0v) is 20.9. The maximum absolute atomic E-state index is 13.1. The molecule has 2 heterocycles. The molecule has 1 saturated heterocycles. The second-order valence-electron chi connectivity index (χ2n) is 9.62. The van der Waals surface area contributed by atoms with Gasteiger partial charge in [-0.15, -0.1) is 0 Å². The Balaban J connectivity index is 1.63. The van der Waals surface area contributed by atoms with Crippen molar-refractivity contribution in [3.63, 3.8) is 0 Å². The van der Waals surface area contributed by atoms with E-state index in [-0.39, 0.29) is 28.9 Å². The number of benzene rings is 2. The molecule has 1 atom stereocenters. The third-order valence-electron chi connectivity index (χ3n) is 6.71. The van der Waals surface area contributed by atoms with Crippen LogP contribution in [0, 0.1) is 17.0 Å². The molecule has 178 valence electrons. The highest BCUT2D eigenvalue weighted by atomic mass is 32.2. The highest BCUT2D eigenvalue weighted by Crippen LogP contribution is 2.45. The van der Waals surface area contributed by atoms with Gasteiger partial charge in [-0.2, -0.15) is 0 Å². The number of carbonyl (C=O) groups is 2. The van der Waals surface area contributed by atoms with Crippen LogP contribution in [0.15, 0.2) is 41.3 Å². The predicted octanol–water partition coefficient (Wildman–Crippen LogP) is 6.25. The van der Waals surface area contributed by atoms with E-state index < -0.39 is 4.92 Å². The minimum atomic E-state index is -0.488. The Labute approximate surface area is 204 Å². The molecule has 2 aliphatic rings. The maximum atomic E-state index is 13.1. The molecule has 1 fully saturated rings. The quantitative estimate of drug-likeness (QED) is 0.286. The van der Waals surface area contributed by atoms with Crippen molar-refractivity contribution in [3.05, 3.63) is 73.7 Å². The van der Waals surface area contributed by atoms with Gasteiger partial charge in [0.1, 0.15) is 0 Å². The normalized spacial score (nSPS) is 20.7. The molecular weight excluding hydrogens is 450 g/mol. The summed E-state index contributed by atoms with van der Waals surface area (Å²) in [5, 5.41) is 10.7. The second-order valence-corrected chi connectivity index (χ2v) is 10.6. The Hall–Kier alpha value is -3.13. The number of hydrogen-bond donors (Lipinski definition) is 0. The molecule has 0 unspecified atom stereocenters. The van der Waals surface area contributed by atoms with Gasteiger partial charge >= 0.3 is 0 Å². The molecule has 0 N–H and O–H groups in total. The number of nitro benzene ring substituents is 1. The average Bonchev–Trinajstić information content (AvgIpc) is 3.02. The number of hydrogen-bond acceptors (Lipinski definition) is 6. The Kier molecular flexibility index (Phi) is 6.29. The monoisotopic (exact) mass is 479 g/mol. The molecule has 4 rings (SSSR count). The minimum absolute atomic E-state index is 0.00440. The van der Waals surface area contributed by atoms with Crippen molar-refractivity contribution in [1.82, 2.24) is 4.90 Å². The van der Waals surface area contributed by atoms with Gasteiger partial charge in [-0.25, -0.2) is 0 Å². The molecule has 8 heteroatoms. The number of nitro groups is 1. The van der Waals surface area contributed by atoms with Crippen LogP contribution in [0.3, 0.4) is 0 Å². The summed E-state index contributed by atoms with van der Waals surface area (Å²) in [6, 6.07) is 10.4. The molecule has 34 heavy (non-hydrogen) atoms. The molecular formula is C26H29N3O4S. The zero-order chi connectivity index (χ0) is 24.8. The number of nitrogens with zero attached hydrogens (tertiary/aromatic N) is 3. The lowest BCUT2D eigenvalue weighted by atomic mass is 9.79. The summed E-state index contributed by atoms with van der Waals surface area (Å²) in [6.45, 7) is 11.9. The number of amides is 2. The number of non-ortho nitro benzene ring substituents is 1. The van der Waals surface area contributed by atoms with Crippen LogP contribution in [0.5, 0.6) is 0 Å². The summed E-state index contributed by atoms with van der Waals surface area (Å²) < 4.78 is 0. The summed E-state index contributed by atoms with van der Waals surface area (Å²) in [4.78, 5) is 40.2. The maximum Gasteiger partial charge on any atom is 0.293 e. The van der Waals surface area contributed by atoms with Crippen molar-refractivity contribution in [2.75, 3.05) is 11.4 Å². The standard InChI is InChI=1S/C26H29N3O4S/c1-6-28-22-10-16(2)19(12-21(22)17(3)14-26(28,4)5)13-23-24(30)27(25(31)34-23)15-18-8-7-9-20(11-18)29(32)33/h7-13,17H,6,14-15H2,1-5H3/b23-13-/t17-/m1/s1. The van der Waals surface area contributed by atoms with E-state index in [0.29, 0.717) is 16.4 Å². The van der Waals surface area contributed by atoms with E-state index in [9.17, 15) is 19.7 Å². The number of imide groups is 1. The smallest absolute Gasteiger partial charge is 0.293 e. The van der Waals surface area contributed by atoms with Gasteiger partial charge in [0, 0.05) is 29.9 Å². The Morgan fingerprint density at radius 1 is 1.24 bits per heavy atom. The minimum Gasteiger partial charge on any atom is -0.366 e. The van der Waals surface area contributed by atoms with Crippen LogP contribution in [0.4, 0.5) is 16.2 Å². The van der Waals surface area contributed by atoms with Gasteiger partial charge in [-0.3, -0.25) is 24.6 Å². The van der Waals surface area contributed by atoms with E-state index >= 15 is 0 Å². The van der Waals surface area contributed by atoms with Gasteiger partial charge in [0.2, 0.25) is 0 Å². The van der Waals surface area contributed by atoms with Gasteiger partial charge in [0.05, 0.1) is 16.4 Å². The molecule has 0 spiro atoms. The lowest BCUT2D eigenvalue weighted by Crippen LogP contribution is -2.48. The van der Waals surface area contributed by atoms with Crippen LogP contribution in [-0.2, 0) is 11.3 Å². The van der Waals surface area contributed by atoms with E-state index in [1.165, 1.54) is 23.4 Å². The SMILES string of the molecule is CCN1c2cc(C)c(/C=C3\SC(=O)N(Cc4cccc([N+](=O)[O-])c4)C3=O)cc2[C@H](C)CC1(C)C. The highest BCUT2D eigenvalue weighted by Gasteiger charge is 2.37. The first-order valence-electron chi connectivity index (χ1n) is 11.4. The Morgan fingerprint density at radius 2 is 1.97 bits per heavy atom. The van der Waals surface area contributed by atoms with Crippen molar-refractivity contribution in [1.29, 1.82) is 0 Å². The molecule has 2 aliphatic heterocycles. The first-order chi connectivity index (χ1) is 16.0. The molecule has 2 amide bonds. The van der Waals surface area contributed by atoms with Crippen molar-refractivity contribution < 1.29 is 14.5 Å². The van der Waals surface area contributed by atoms with E-state index in [1.807, 2.05) is 6.92 Å². The molecule has 0 saturated carbocycles. The largest absolute Gasteiger partial charge is 0.366 e. The topological polar surface area (TPSA) is 83.8 Å². The van der Waals surface area contributed by atoms with Crippen LogP contribution >= 0.6 is 11.8 Å².